The first-order chi connectivity index (χ1) is 11.6. The first-order valence-electron chi connectivity index (χ1n) is 8.37. The van der Waals surface area contributed by atoms with Crippen LogP contribution in [0.2, 0.25) is 0 Å². The molecule has 0 spiro atoms. The molecule has 124 valence electrons. The predicted octanol–water partition coefficient (Wildman–Crippen LogP) is 4.99. The molecule has 2 aromatic carbocycles. The Kier molecular flexibility index (Phi) is 5.02. The smallest absolute Gasteiger partial charge is 0.152 e. The van der Waals surface area contributed by atoms with Crippen molar-refractivity contribution in [1.29, 1.82) is 0 Å². The van der Waals surface area contributed by atoms with Gasteiger partial charge in [-0.1, -0.05) is 48.9 Å². The van der Waals surface area contributed by atoms with Crippen LogP contribution in [0.15, 0.2) is 72.5 Å². The van der Waals surface area contributed by atoms with E-state index < -0.39 is 6.23 Å². The van der Waals surface area contributed by atoms with E-state index in [-0.39, 0.29) is 0 Å². The van der Waals surface area contributed by atoms with Crippen molar-refractivity contribution in [3.8, 4) is 0 Å². The number of benzene rings is 2. The summed E-state index contributed by atoms with van der Waals surface area (Å²) in [6, 6.07) is 15.8. The van der Waals surface area contributed by atoms with Crippen molar-refractivity contribution in [2.24, 2.45) is 5.92 Å². The van der Waals surface area contributed by atoms with Gasteiger partial charge in [-0.3, -0.25) is 0 Å². The van der Waals surface area contributed by atoms with Crippen LogP contribution in [0.3, 0.4) is 0 Å². The number of para-hydroxylation sites is 1. The maximum atomic E-state index is 10.7. The average molecular weight is 320 g/mol. The highest BCUT2D eigenvalue weighted by Crippen LogP contribution is 2.28. The number of hydrogen-bond donors (Lipinski definition) is 3. The minimum Gasteiger partial charge on any atom is -0.369 e. The van der Waals surface area contributed by atoms with Crippen molar-refractivity contribution in [2.75, 3.05) is 10.6 Å². The Balaban J connectivity index is 1.81. The van der Waals surface area contributed by atoms with Crippen molar-refractivity contribution in [2.45, 2.75) is 26.5 Å². The van der Waals surface area contributed by atoms with Crippen molar-refractivity contribution >= 4 is 11.4 Å². The van der Waals surface area contributed by atoms with E-state index in [9.17, 15) is 5.11 Å². The molecule has 3 N–H and O–H groups in total. The molecule has 2 atom stereocenters. The lowest BCUT2D eigenvalue weighted by atomic mass is 10.0. The summed E-state index contributed by atoms with van der Waals surface area (Å²) in [5.41, 5.74) is 4.84. The van der Waals surface area contributed by atoms with Crippen LogP contribution in [0.25, 0.3) is 0 Å². The van der Waals surface area contributed by atoms with Gasteiger partial charge in [0.15, 0.2) is 6.23 Å². The molecule has 0 aromatic heterocycles. The third kappa shape index (κ3) is 4.06. The van der Waals surface area contributed by atoms with Crippen LogP contribution in [0.1, 0.15) is 30.7 Å². The van der Waals surface area contributed by atoms with Crippen LogP contribution in [0.5, 0.6) is 0 Å². The van der Waals surface area contributed by atoms with Gasteiger partial charge in [0, 0.05) is 22.6 Å². The summed E-state index contributed by atoms with van der Waals surface area (Å²) in [5.74, 6) is 0.582. The van der Waals surface area contributed by atoms with Crippen LogP contribution in [0.4, 0.5) is 11.4 Å². The Morgan fingerprint density at radius 3 is 2.62 bits per heavy atom. The second-order valence-electron chi connectivity index (χ2n) is 6.36. The summed E-state index contributed by atoms with van der Waals surface area (Å²) in [5, 5.41) is 17.2. The van der Waals surface area contributed by atoms with Crippen LogP contribution in [-0.4, -0.2) is 5.11 Å². The summed E-state index contributed by atoms with van der Waals surface area (Å²) in [6.07, 6.45) is 6.77. The Labute approximate surface area is 143 Å². The van der Waals surface area contributed by atoms with E-state index in [2.05, 4.69) is 41.9 Å². The third-order valence-electron chi connectivity index (χ3n) is 4.17. The van der Waals surface area contributed by atoms with Crippen molar-refractivity contribution in [1.82, 2.24) is 0 Å². The molecule has 0 heterocycles. The largest absolute Gasteiger partial charge is 0.369 e. The number of nitrogens with one attached hydrogen (secondary N) is 2. The fourth-order valence-corrected chi connectivity index (χ4v) is 2.77. The SMILES string of the molecule is Cc1ccc(NC2=CCC(C)C=C2)c(C(O)Nc2ccccc2)c1. The monoisotopic (exact) mass is 320 g/mol. The van der Waals surface area contributed by atoms with Crippen molar-refractivity contribution in [3.05, 3.63) is 83.6 Å². The third-order valence-corrected chi connectivity index (χ3v) is 4.17. The quantitative estimate of drug-likeness (QED) is 0.680. The van der Waals surface area contributed by atoms with E-state index in [0.717, 1.165) is 34.6 Å². The van der Waals surface area contributed by atoms with E-state index in [1.165, 1.54) is 0 Å². The second-order valence-corrected chi connectivity index (χ2v) is 6.36. The first kappa shape index (κ1) is 16.3. The van der Waals surface area contributed by atoms with Gasteiger partial charge < -0.3 is 15.7 Å². The molecule has 2 aromatic rings. The van der Waals surface area contributed by atoms with Gasteiger partial charge in [-0.05, 0) is 49.6 Å². The zero-order chi connectivity index (χ0) is 16.9. The second kappa shape index (κ2) is 7.37. The first-order valence-corrected chi connectivity index (χ1v) is 8.37. The molecular weight excluding hydrogens is 296 g/mol. The molecule has 0 aliphatic heterocycles. The summed E-state index contributed by atoms with van der Waals surface area (Å²) < 4.78 is 0. The molecule has 0 radical (unpaired) electrons. The van der Waals surface area contributed by atoms with E-state index in [4.69, 9.17) is 0 Å². The fraction of sp³-hybridized carbons (Fsp3) is 0.238. The Bertz CT molecular complexity index is 750. The molecule has 0 fully saturated rings. The maximum Gasteiger partial charge on any atom is 0.152 e. The number of hydrogen-bond acceptors (Lipinski definition) is 3. The normalized spacial score (nSPS) is 18.0. The molecule has 2 unspecified atom stereocenters. The van der Waals surface area contributed by atoms with Crippen LogP contribution in [-0.2, 0) is 0 Å². The fourth-order valence-electron chi connectivity index (χ4n) is 2.77. The lowest BCUT2D eigenvalue weighted by molar-refractivity contribution is 0.209. The highest BCUT2D eigenvalue weighted by Gasteiger charge is 2.14. The van der Waals surface area contributed by atoms with Gasteiger partial charge in [0.1, 0.15) is 0 Å². The van der Waals surface area contributed by atoms with E-state index >= 15 is 0 Å². The lowest BCUT2D eigenvalue weighted by Crippen LogP contribution is -2.13. The summed E-state index contributed by atoms with van der Waals surface area (Å²) in [6.45, 7) is 4.23. The number of aryl methyl sites for hydroxylation is 1. The molecule has 0 saturated carbocycles. The van der Waals surface area contributed by atoms with E-state index in [1.807, 2.05) is 49.4 Å². The minimum atomic E-state index is -0.776. The Morgan fingerprint density at radius 2 is 1.92 bits per heavy atom. The molecule has 1 aliphatic rings. The lowest BCUT2D eigenvalue weighted by Gasteiger charge is -2.21. The topological polar surface area (TPSA) is 44.3 Å². The average Bonchev–Trinajstić information content (AvgIpc) is 2.59. The zero-order valence-corrected chi connectivity index (χ0v) is 14.2. The summed E-state index contributed by atoms with van der Waals surface area (Å²) in [7, 11) is 0. The minimum absolute atomic E-state index is 0.582. The highest BCUT2D eigenvalue weighted by molar-refractivity contribution is 5.60. The highest BCUT2D eigenvalue weighted by atomic mass is 16.3. The van der Waals surface area contributed by atoms with Crippen molar-refractivity contribution in [3.63, 3.8) is 0 Å². The van der Waals surface area contributed by atoms with E-state index in [0.29, 0.717) is 5.92 Å². The number of aliphatic hydroxyl groups is 1. The Morgan fingerprint density at radius 1 is 1.12 bits per heavy atom. The molecule has 0 bridgehead atoms. The van der Waals surface area contributed by atoms with Gasteiger partial charge in [0.2, 0.25) is 0 Å². The molecule has 0 amide bonds. The Hall–Kier alpha value is -2.52. The zero-order valence-electron chi connectivity index (χ0n) is 14.2. The number of allylic oxidation sites excluding steroid dienone is 3. The molecule has 0 saturated heterocycles. The van der Waals surface area contributed by atoms with Crippen LogP contribution < -0.4 is 10.6 Å². The van der Waals surface area contributed by atoms with Crippen LogP contribution >= 0.6 is 0 Å². The molecule has 1 aliphatic carbocycles. The number of anilines is 2. The number of rotatable bonds is 5. The van der Waals surface area contributed by atoms with E-state index in [1.54, 1.807) is 0 Å². The van der Waals surface area contributed by atoms with Gasteiger partial charge in [0.25, 0.3) is 0 Å². The van der Waals surface area contributed by atoms with Gasteiger partial charge >= 0.3 is 0 Å². The summed E-state index contributed by atoms with van der Waals surface area (Å²) >= 11 is 0. The van der Waals surface area contributed by atoms with Gasteiger partial charge in [-0.2, -0.15) is 0 Å². The molecule has 3 nitrogen and oxygen atoms in total. The van der Waals surface area contributed by atoms with Gasteiger partial charge in [0.05, 0.1) is 0 Å². The molecule has 3 heteroatoms. The van der Waals surface area contributed by atoms with Crippen LogP contribution in [0, 0.1) is 12.8 Å². The predicted molar refractivity (Wildman–Crippen MR) is 101 cm³/mol. The summed E-state index contributed by atoms with van der Waals surface area (Å²) in [4.78, 5) is 0. The van der Waals surface area contributed by atoms with Crippen molar-refractivity contribution < 1.29 is 5.11 Å². The van der Waals surface area contributed by atoms with Gasteiger partial charge in [-0.25, -0.2) is 0 Å². The number of aliphatic hydroxyl groups excluding tert-OH is 1. The van der Waals surface area contributed by atoms with Gasteiger partial charge in [-0.15, -0.1) is 0 Å². The standard InChI is InChI=1S/C21H24N2O/c1-15-8-11-18(12-9-15)22-20-13-10-16(2)14-19(20)21(24)23-17-6-4-3-5-7-17/h3-8,10-15,21-24H,9H2,1-2H3. The molecule has 24 heavy (non-hydrogen) atoms. The molecule has 3 rings (SSSR count). The maximum absolute atomic E-state index is 10.7. The molecular formula is C21H24N2O.